The summed E-state index contributed by atoms with van der Waals surface area (Å²) >= 11 is 0. The smallest absolute Gasteiger partial charge is 0.415 e. The van der Waals surface area contributed by atoms with E-state index in [0.29, 0.717) is 12.4 Å². The Morgan fingerprint density at radius 3 is 2.70 bits per heavy atom. The van der Waals surface area contributed by atoms with E-state index >= 15 is 0 Å². The number of nitrogens with zero attached hydrogens (tertiary/aromatic N) is 1. The molecule has 1 aliphatic rings. The van der Waals surface area contributed by atoms with Gasteiger partial charge >= 0.3 is 6.09 Å². The van der Waals surface area contributed by atoms with Gasteiger partial charge in [-0.05, 0) is 17.7 Å². The molecule has 1 aliphatic heterocycles. The van der Waals surface area contributed by atoms with E-state index in [4.69, 9.17) is 9.47 Å². The van der Waals surface area contributed by atoms with Crippen LogP contribution in [-0.4, -0.2) is 19.8 Å². The maximum Gasteiger partial charge on any atom is 0.415 e. The van der Waals surface area contributed by atoms with Gasteiger partial charge < -0.3 is 9.47 Å². The van der Waals surface area contributed by atoms with Gasteiger partial charge in [-0.15, -0.1) is 0 Å². The normalized spacial score (nSPS) is 17.9. The molecule has 20 heavy (non-hydrogen) atoms. The number of carbonyl (C=O) groups excluding carboxylic acids is 1. The summed E-state index contributed by atoms with van der Waals surface area (Å²) in [5.74, 6) is 0.717. The Balaban J connectivity index is 1.98. The second kappa shape index (κ2) is 5.25. The summed E-state index contributed by atoms with van der Waals surface area (Å²) in [6.45, 7) is 0.361. The summed E-state index contributed by atoms with van der Waals surface area (Å²) in [5.41, 5.74) is 1.84. The fourth-order valence-corrected chi connectivity index (χ4v) is 2.39. The first-order valence-electron chi connectivity index (χ1n) is 6.44. The number of rotatable bonds is 3. The van der Waals surface area contributed by atoms with Crippen molar-refractivity contribution >= 4 is 11.8 Å². The Morgan fingerprint density at radius 1 is 1.15 bits per heavy atom. The number of anilines is 1. The number of methoxy groups -OCH3 is 1. The molecule has 4 heteroatoms. The molecule has 0 aromatic heterocycles. The molecule has 0 aliphatic carbocycles. The second-order valence-corrected chi connectivity index (χ2v) is 4.57. The number of cyclic esters (lactones) is 1. The molecule has 0 saturated carbocycles. The Labute approximate surface area is 117 Å². The summed E-state index contributed by atoms with van der Waals surface area (Å²) in [4.78, 5) is 13.7. The maximum atomic E-state index is 12.0. The van der Waals surface area contributed by atoms with Crippen LogP contribution in [0.4, 0.5) is 10.5 Å². The fraction of sp³-hybridized carbons (Fsp3) is 0.188. The third-order valence-corrected chi connectivity index (χ3v) is 3.39. The zero-order valence-electron chi connectivity index (χ0n) is 11.2. The van der Waals surface area contributed by atoms with Gasteiger partial charge in [0.25, 0.3) is 0 Å². The number of ether oxygens (including phenoxy) is 2. The average Bonchev–Trinajstić information content (AvgIpc) is 2.90. The van der Waals surface area contributed by atoms with E-state index in [2.05, 4.69) is 0 Å². The van der Waals surface area contributed by atoms with E-state index in [0.717, 1.165) is 11.3 Å². The molecule has 1 atom stereocenters. The second-order valence-electron chi connectivity index (χ2n) is 4.57. The van der Waals surface area contributed by atoms with Crippen LogP contribution in [0, 0.1) is 0 Å². The molecule has 4 nitrogen and oxygen atoms in total. The fourth-order valence-electron chi connectivity index (χ4n) is 2.39. The van der Waals surface area contributed by atoms with Crippen LogP contribution >= 0.6 is 0 Å². The highest BCUT2D eigenvalue weighted by molar-refractivity contribution is 5.90. The Kier molecular flexibility index (Phi) is 3.29. The Hall–Kier alpha value is -2.49. The first-order valence-corrected chi connectivity index (χ1v) is 6.44. The van der Waals surface area contributed by atoms with Gasteiger partial charge in [-0.3, -0.25) is 4.90 Å². The summed E-state index contributed by atoms with van der Waals surface area (Å²) in [7, 11) is 1.61. The van der Waals surface area contributed by atoms with E-state index in [1.54, 1.807) is 12.0 Å². The molecular weight excluding hydrogens is 254 g/mol. The predicted octanol–water partition coefficient (Wildman–Crippen LogP) is 3.39. The average molecular weight is 269 g/mol. The minimum atomic E-state index is -0.327. The van der Waals surface area contributed by atoms with Crippen LogP contribution in [0.15, 0.2) is 54.6 Å². The molecule has 0 N–H and O–H groups in total. The third-order valence-electron chi connectivity index (χ3n) is 3.39. The van der Waals surface area contributed by atoms with Crippen molar-refractivity contribution in [3.63, 3.8) is 0 Å². The lowest BCUT2D eigenvalue weighted by molar-refractivity contribution is 0.179. The standard InChI is InChI=1S/C16H15NO3/c1-19-14-9-5-8-13(10-14)17-15(11-20-16(17)18)12-6-3-2-4-7-12/h2-10,15H,11H2,1H3/t15-/m0/s1. The van der Waals surface area contributed by atoms with Crippen LogP contribution in [0.3, 0.4) is 0 Å². The lowest BCUT2D eigenvalue weighted by atomic mass is 10.1. The minimum absolute atomic E-state index is 0.101. The number of hydrogen-bond acceptors (Lipinski definition) is 3. The van der Waals surface area contributed by atoms with Crippen LogP contribution < -0.4 is 9.64 Å². The number of carbonyl (C=O) groups is 1. The third kappa shape index (κ3) is 2.20. The first kappa shape index (κ1) is 12.5. The predicted molar refractivity (Wildman–Crippen MR) is 76.0 cm³/mol. The highest BCUT2D eigenvalue weighted by Crippen LogP contribution is 2.34. The number of benzene rings is 2. The SMILES string of the molecule is COc1cccc(N2C(=O)OC[C@H]2c2ccccc2)c1. The largest absolute Gasteiger partial charge is 0.497 e. The molecular formula is C16H15NO3. The highest BCUT2D eigenvalue weighted by Gasteiger charge is 2.35. The van der Waals surface area contributed by atoms with E-state index in [1.165, 1.54) is 0 Å². The molecule has 0 unspecified atom stereocenters. The zero-order valence-corrected chi connectivity index (χ0v) is 11.2. The molecule has 3 rings (SSSR count). The molecule has 1 heterocycles. The lowest BCUT2D eigenvalue weighted by Gasteiger charge is -2.22. The quantitative estimate of drug-likeness (QED) is 0.857. The summed E-state index contributed by atoms with van der Waals surface area (Å²) < 4.78 is 10.4. The molecule has 1 saturated heterocycles. The van der Waals surface area contributed by atoms with Gasteiger partial charge in [0, 0.05) is 6.07 Å². The van der Waals surface area contributed by atoms with Gasteiger partial charge in [-0.1, -0.05) is 36.4 Å². The van der Waals surface area contributed by atoms with Crippen molar-refractivity contribution in [3.05, 3.63) is 60.2 Å². The Bertz CT molecular complexity index is 612. The number of amides is 1. The van der Waals surface area contributed by atoms with E-state index in [1.807, 2.05) is 54.6 Å². The molecule has 0 spiro atoms. The molecule has 2 aromatic rings. The van der Waals surface area contributed by atoms with Crippen LogP contribution in [0.2, 0.25) is 0 Å². The van der Waals surface area contributed by atoms with E-state index in [9.17, 15) is 4.79 Å². The summed E-state index contributed by atoms with van der Waals surface area (Å²) in [6.07, 6.45) is -0.327. The lowest BCUT2D eigenvalue weighted by Crippen LogP contribution is -2.27. The van der Waals surface area contributed by atoms with E-state index < -0.39 is 0 Å². The zero-order chi connectivity index (χ0) is 13.9. The van der Waals surface area contributed by atoms with Crippen molar-refractivity contribution < 1.29 is 14.3 Å². The van der Waals surface area contributed by atoms with E-state index in [-0.39, 0.29) is 12.1 Å². The van der Waals surface area contributed by atoms with Gasteiger partial charge in [0.2, 0.25) is 0 Å². The molecule has 0 bridgehead atoms. The van der Waals surface area contributed by atoms with Crippen molar-refractivity contribution in [3.8, 4) is 5.75 Å². The van der Waals surface area contributed by atoms with Gasteiger partial charge in [-0.25, -0.2) is 4.79 Å². The molecule has 1 fully saturated rings. The summed E-state index contributed by atoms with van der Waals surface area (Å²) in [6, 6.07) is 17.2. The van der Waals surface area contributed by atoms with Crippen molar-refractivity contribution in [2.75, 3.05) is 18.6 Å². The van der Waals surface area contributed by atoms with Crippen molar-refractivity contribution in [1.82, 2.24) is 0 Å². The van der Waals surface area contributed by atoms with Crippen LogP contribution in [-0.2, 0) is 4.74 Å². The van der Waals surface area contributed by atoms with Crippen LogP contribution in [0.25, 0.3) is 0 Å². The Morgan fingerprint density at radius 2 is 1.95 bits per heavy atom. The number of hydrogen-bond donors (Lipinski definition) is 0. The summed E-state index contributed by atoms with van der Waals surface area (Å²) in [5, 5.41) is 0. The first-order chi connectivity index (χ1) is 9.79. The van der Waals surface area contributed by atoms with Gasteiger partial charge in [0.05, 0.1) is 18.8 Å². The highest BCUT2D eigenvalue weighted by atomic mass is 16.6. The van der Waals surface area contributed by atoms with Gasteiger partial charge in [-0.2, -0.15) is 0 Å². The van der Waals surface area contributed by atoms with Crippen LogP contribution in [0.5, 0.6) is 5.75 Å². The molecule has 0 radical (unpaired) electrons. The monoisotopic (exact) mass is 269 g/mol. The molecule has 102 valence electrons. The van der Waals surface area contributed by atoms with Gasteiger partial charge in [0.15, 0.2) is 0 Å². The van der Waals surface area contributed by atoms with Crippen molar-refractivity contribution in [2.24, 2.45) is 0 Å². The van der Waals surface area contributed by atoms with Crippen molar-refractivity contribution in [1.29, 1.82) is 0 Å². The maximum absolute atomic E-state index is 12.0. The van der Waals surface area contributed by atoms with Gasteiger partial charge in [0.1, 0.15) is 12.4 Å². The minimum Gasteiger partial charge on any atom is -0.497 e. The molecule has 2 aromatic carbocycles. The topological polar surface area (TPSA) is 38.8 Å². The molecule has 1 amide bonds. The van der Waals surface area contributed by atoms with Crippen LogP contribution in [0.1, 0.15) is 11.6 Å². The van der Waals surface area contributed by atoms with Crippen molar-refractivity contribution in [2.45, 2.75) is 6.04 Å².